The molecule has 2 aromatic heterocycles. The monoisotopic (exact) mass is 350 g/mol. The van der Waals surface area contributed by atoms with Crippen LogP contribution in [0.25, 0.3) is 10.9 Å². The van der Waals surface area contributed by atoms with Crippen LogP contribution in [0.5, 0.6) is 0 Å². The molecule has 1 fully saturated rings. The minimum atomic E-state index is 0.173. The van der Waals surface area contributed by atoms with Gasteiger partial charge in [0.15, 0.2) is 0 Å². The first-order valence-electron chi connectivity index (χ1n) is 9.46. The van der Waals surface area contributed by atoms with Crippen molar-refractivity contribution < 1.29 is 4.79 Å². The van der Waals surface area contributed by atoms with E-state index in [2.05, 4.69) is 31.2 Å². The molecule has 0 saturated carbocycles. The summed E-state index contributed by atoms with van der Waals surface area (Å²) in [6, 6.07) is 8.45. The molecule has 26 heavy (non-hydrogen) atoms. The third-order valence-electron chi connectivity index (χ3n) is 5.64. The van der Waals surface area contributed by atoms with Gasteiger partial charge in [0.2, 0.25) is 0 Å². The van der Waals surface area contributed by atoms with Gasteiger partial charge in [0.25, 0.3) is 5.91 Å². The molecular weight excluding hydrogens is 324 g/mol. The van der Waals surface area contributed by atoms with Gasteiger partial charge >= 0.3 is 0 Å². The van der Waals surface area contributed by atoms with E-state index < -0.39 is 0 Å². The van der Waals surface area contributed by atoms with Crippen molar-refractivity contribution in [2.75, 3.05) is 6.54 Å². The minimum absolute atomic E-state index is 0.173. The Labute approximate surface area is 154 Å². The second-order valence-corrected chi connectivity index (χ2v) is 7.31. The van der Waals surface area contributed by atoms with Crippen molar-refractivity contribution in [1.29, 1.82) is 0 Å². The van der Waals surface area contributed by atoms with E-state index in [-0.39, 0.29) is 5.91 Å². The molecule has 1 atom stereocenters. The number of imidazole rings is 1. The lowest BCUT2D eigenvalue weighted by Crippen LogP contribution is -2.44. The largest absolute Gasteiger partial charge is 0.350 e. The van der Waals surface area contributed by atoms with Crippen LogP contribution in [0.1, 0.15) is 41.9 Å². The summed E-state index contributed by atoms with van der Waals surface area (Å²) in [5.41, 5.74) is 1.93. The van der Waals surface area contributed by atoms with Crippen molar-refractivity contribution in [3.05, 3.63) is 54.2 Å². The van der Waals surface area contributed by atoms with E-state index in [0.717, 1.165) is 54.5 Å². The van der Waals surface area contributed by atoms with Crippen molar-refractivity contribution in [2.45, 2.75) is 38.1 Å². The number of hydrogen-bond donors (Lipinski definition) is 0. The van der Waals surface area contributed by atoms with Gasteiger partial charge in [0, 0.05) is 62.6 Å². The molecule has 0 bridgehead atoms. The number of aromatic nitrogens is 3. The summed E-state index contributed by atoms with van der Waals surface area (Å²) in [6.07, 6.45) is 11.1. The van der Waals surface area contributed by atoms with E-state index >= 15 is 0 Å². The van der Waals surface area contributed by atoms with Gasteiger partial charge in [-0.05, 0) is 31.7 Å². The van der Waals surface area contributed by atoms with E-state index in [1.54, 1.807) is 0 Å². The standard InChI is InChI=1S/C21H26N4O/c1-23-14-12-22-20(23)11-10-16-7-5-6-13-25(16)21(26)18-15-24(2)19-9-4-3-8-17(18)19/h3-4,8-9,12,14-16H,5-7,10-11,13H2,1-2H3/t16-/m1/s1. The summed E-state index contributed by atoms with van der Waals surface area (Å²) in [6.45, 7) is 0.854. The highest BCUT2D eigenvalue weighted by Gasteiger charge is 2.29. The molecule has 1 aliphatic heterocycles. The summed E-state index contributed by atoms with van der Waals surface area (Å²) in [5, 5.41) is 1.05. The lowest BCUT2D eigenvalue weighted by atomic mass is 9.96. The van der Waals surface area contributed by atoms with Crippen molar-refractivity contribution in [2.24, 2.45) is 14.1 Å². The summed E-state index contributed by atoms with van der Waals surface area (Å²) < 4.78 is 4.12. The van der Waals surface area contributed by atoms with Crippen LogP contribution >= 0.6 is 0 Å². The number of para-hydroxylation sites is 1. The molecule has 1 aliphatic rings. The summed E-state index contributed by atoms with van der Waals surface area (Å²) >= 11 is 0. The highest BCUT2D eigenvalue weighted by atomic mass is 16.2. The fraction of sp³-hybridized carbons (Fsp3) is 0.429. The van der Waals surface area contributed by atoms with Gasteiger partial charge in [0.1, 0.15) is 5.82 Å². The van der Waals surface area contributed by atoms with Crippen LogP contribution in [0.4, 0.5) is 0 Å². The zero-order valence-corrected chi connectivity index (χ0v) is 15.6. The topological polar surface area (TPSA) is 43.1 Å². The van der Waals surface area contributed by atoms with Crippen LogP contribution in [0.2, 0.25) is 0 Å². The Hall–Kier alpha value is -2.56. The van der Waals surface area contributed by atoms with Gasteiger partial charge in [-0.2, -0.15) is 0 Å². The van der Waals surface area contributed by atoms with Crippen molar-refractivity contribution in [3.8, 4) is 0 Å². The van der Waals surface area contributed by atoms with E-state index in [9.17, 15) is 4.79 Å². The Bertz CT molecular complexity index is 923. The van der Waals surface area contributed by atoms with Crippen LogP contribution in [-0.4, -0.2) is 37.5 Å². The summed E-state index contributed by atoms with van der Waals surface area (Å²) in [7, 11) is 4.04. The highest BCUT2D eigenvalue weighted by Crippen LogP contribution is 2.27. The first-order valence-corrected chi connectivity index (χ1v) is 9.46. The second kappa shape index (κ2) is 6.98. The van der Waals surface area contributed by atoms with E-state index in [0.29, 0.717) is 6.04 Å². The van der Waals surface area contributed by atoms with Crippen molar-refractivity contribution >= 4 is 16.8 Å². The molecular formula is C21H26N4O. The van der Waals surface area contributed by atoms with Crippen LogP contribution in [0.15, 0.2) is 42.9 Å². The van der Waals surface area contributed by atoms with Crippen molar-refractivity contribution in [3.63, 3.8) is 0 Å². The number of amides is 1. The molecule has 136 valence electrons. The Morgan fingerprint density at radius 1 is 1.19 bits per heavy atom. The summed E-state index contributed by atoms with van der Waals surface area (Å²) in [4.78, 5) is 19.9. The number of fused-ring (bicyclic) bond motifs is 1. The fourth-order valence-corrected chi connectivity index (χ4v) is 4.17. The Kier molecular flexibility index (Phi) is 4.53. The molecule has 5 heteroatoms. The SMILES string of the molecule is Cn1ccnc1CC[C@H]1CCCCN1C(=O)c1cn(C)c2ccccc12. The maximum absolute atomic E-state index is 13.4. The van der Waals surface area contributed by atoms with Gasteiger partial charge in [-0.3, -0.25) is 4.79 Å². The average Bonchev–Trinajstić information content (AvgIpc) is 3.23. The predicted octanol–water partition coefficient (Wildman–Crippen LogP) is 3.54. The highest BCUT2D eigenvalue weighted by molar-refractivity contribution is 6.07. The number of aryl methyl sites for hydroxylation is 3. The molecule has 0 radical (unpaired) electrons. The second-order valence-electron chi connectivity index (χ2n) is 7.31. The van der Waals surface area contributed by atoms with E-state index in [1.165, 1.54) is 6.42 Å². The van der Waals surface area contributed by atoms with Crippen LogP contribution < -0.4 is 0 Å². The molecule has 1 aromatic carbocycles. The van der Waals surface area contributed by atoms with Crippen LogP contribution in [-0.2, 0) is 20.5 Å². The fourth-order valence-electron chi connectivity index (χ4n) is 4.17. The Balaban J connectivity index is 1.57. The lowest BCUT2D eigenvalue weighted by Gasteiger charge is -2.36. The third-order valence-corrected chi connectivity index (χ3v) is 5.64. The molecule has 0 aliphatic carbocycles. The van der Waals surface area contributed by atoms with Crippen LogP contribution in [0, 0.1) is 0 Å². The number of piperidine rings is 1. The maximum atomic E-state index is 13.4. The smallest absolute Gasteiger partial charge is 0.256 e. The molecule has 3 aromatic rings. The first kappa shape index (κ1) is 16.9. The third kappa shape index (κ3) is 3.02. The molecule has 0 unspecified atom stereocenters. The number of rotatable bonds is 4. The molecule has 4 rings (SSSR count). The number of nitrogens with zero attached hydrogens (tertiary/aromatic N) is 4. The number of likely N-dealkylation sites (tertiary alicyclic amines) is 1. The van der Waals surface area contributed by atoms with Gasteiger partial charge in [-0.15, -0.1) is 0 Å². The zero-order valence-electron chi connectivity index (χ0n) is 15.6. The lowest BCUT2D eigenvalue weighted by molar-refractivity contribution is 0.0603. The Morgan fingerprint density at radius 2 is 2.04 bits per heavy atom. The first-order chi connectivity index (χ1) is 12.6. The zero-order chi connectivity index (χ0) is 18.1. The van der Waals surface area contributed by atoms with E-state index in [4.69, 9.17) is 0 Å². The number of carbonyl (C=O) groups excluding carboxylic acids is 1. The van der Waals surface area contributed by atoms with Crippen molar-refractivity contribution in [1.82, 2.24) is 19.0 Å². The molecule has 0 N–H and O–H groups in total. The molecule has 5 nitrogen and oxygen atoms in total. The van der Waals surface area contributed by atoms with Gasteiger partial charge in [-0.1, -0.05) is 18.2 Å². The predicted molar refractivity (Wildman–Crippen MR) is 103 cm³/mol. The maximum Gasteiger partial charge on any atom is 0.256 e. The van der Waals surface area contributed by atoms with Gasteiger partial charge < -0.3 is 14.0 Å². The number of benzene rings is 1. The van der Waals surface area contributed by atoms with E-state index in [1.807, 2.05) is 44.8 Å². The molecule has 1 saturated heterocycles. The molecule has 0 spiro atoms. The number of hydrogen-bond acceptors (Lipinski definition) is 2. The number of carbonyl (C=O) groups is 1. The summed E-state index contributed by atoms with van der Waals surface area (Å²) in [5.74, 6) is 1.26. The molecule has 1 amide bonds. The molecule has 3 heterocycles. The Morgan fingerprint density at radius 3 is 2.85 bits per heavy atom. The normalized spacial score (nSPS) is 17.8. The quantitative estimate of drug-likeness (QED) is 0.722. The van der Waals surface area contributed by atoms with Crippen LogP contribution in [0.3, 0.4) is 0 Å². The average molecular weight is 350 g/mol. The van der Waals surface area contributed by atoms with Gasteiger partial charge in [-0.25, -0.2) is 4.98 Å². The van der Waals surface area contributed by atoms with Gasteiger partial charge in [0.05, 0.1) is 5.56 Å². The minimum Gasteiger partial charge on any atom is -0.350 e.